The third kappa shape index (κ3) is 8.63. The van der Waals surface area contributed by atoms with E-state index in [-0.39, 0.29) is 29.8 Å². The first-order valence-corrected chi connectivity index (χ1v) is 17.2. The molecule has 0 saturated heterocycles. The topological polar surface area (TPSA) is 86.8 Å². The summed E-state index contributed by atoms with van der Waals surface area (Å²) in [6, 6.07) is 28.5. The highest BCUT2D eigenvalue weighted by atomic mass is 32.2. The normalized spacial score (nSPS) is 12.7. The predicted octanol–water partition coefficient (Wildman–Crippen LogP) is 6.67. The average molecular weight is 640 g/mol. The number of sulfonamides is 1. The molecule has 242 valence electrons. The number of benzene rings is 4. The van der Waals surface area contributed by atoms with Crippen molar-refractivity contribution in [2.75, 3.05) is 10.8 Å². The number of nitrogens with zero attached hydrogens (tertiary/aromatic N) is 2. The van der Waals surface area contributed by atoms with Gasteiger partial charge in [0.25, 0.3) is 10.0 Å². The van der Waals surface area contributed by atoms with Crippen molar-refractivity contribution in [3.05, 3.63) is 130 Å². The molecule has 4 rings (SSSR count). The highest BCUT2D eigenvalue weighted by molar-refractivity contribution is 7.92. The summed E-state index contributed by atoms with van der Waals surface area (Å²) in [5.74, 6) is -0.754. The molecule has 8 heteroatoms. The number of nitrogens with one attached hydrogen (secondary N) is 1. The van der Waals surface area contributed by atoms with Gasteiger partial charge in [0.1, 0.15) is 12.6 Å². The Morgan fingerprint density at radius 2 is 1.39 bits per heavy atom. The smallest absolute Gasteiger partial charge is 0.264 e. The number of hydrogen-bond acceptors (Lipinski definition) is 4. The zero-order valence-corrected chi connectivity index (χ0v) is 28.5. The van der Waals surface area contributed by atoms with Crippen LogP contribution in [0, 0.1) is 27.7 Å². The van der Waals surface area contributed by atoms with Gasteiger partial charge in [-0.1, -0.05) is 102 Å². The van der Waals surface area contributed by atoms with Crippen LogP contribution >= 0.6 is 0 Å². The van der Waals surface area contributed by atoms with Gasteiger partial charge in [0.15, 0.2) is 0 Å². The lowest BCUT2D eigenvalue weighted by Gasteiger charge is -2.34. The van der Waals surface area contributed by atoms with Crippen LogP contribution in [0.5, 0.6) is 0 Å². The van der Waals surface area contributed by atoms with Crippen LogP contribution in [0.1, 0.15) is 53.6 Å². The van der Waals surface area contributed by atoms with Crippen molar-refractivity contribution in [3.8, 4) is 0 Å². The van der Waals surface area contributed by atoms with Gasteiger partial charge >= 0.3 is 0 Å². The summed E-state index contributed by atoms with van der Waals surface area (Å²) in [6.07, 6.45) is 1.000. The van der Waals surface area contributed by atoms with Crippen molar-refractivity contribution < 1.29 is 18.0 Å². The van der Waals surface area contributed by atoms with Crippen LogP contribution in [0.4, 0.5) is 5.69 Å². The maximum atomic E-state index is 14.7. The summed E-state index contributed by atoms with van der Waals surface area (Å²) >= 11 is 0. The zero-order chi connectivity index (χ0) is 33.4. The predicted molar refractivity (Wildman–Crippen MR) is 185 cm³/mol. The van der Waals surface area contributed by atoms with Gasteiger partial charge in [0.05, 0.1) is 10.6 Å². The van der Waals surface area contributed by atoms with E-state index in [0.717, 1.165) is 39.8 Å². The van der Waals surface area contributed by atoms with E-state index >= 15 is 0 Å². The van der Waals surface area contributed by atoms with E-state index in [0.29, 0.717) is 5.69 Å². The minimum atomic E-state index is -4.16. The van der Waals surface area contributed by atoms with Crippen LogP contribution in [0.3, 0.4) is 0 Å². The number of aryl methyl sites for hydroxylation is 4. The third-order valence-corrected chi connectivity index (χ3v) is 9.99. The van der Waals surface area contributed by atoms with Crippen LogP contribution < -0.4 is 9.62 Å². The van der Waals surface area contributed by atoms with E-state index in [1.807, 2.05) is 108 Å². The maximum absolute atomic E-state index is 14.7. The van der Waals surface area contributed by atoms with Crippen molar-refractivity contribution in [2.45, 2.75) is 77.9 Å². The molecule has 0 spiro atoms. The Morgan fingerprint density at radius 1 is 0.761 bits per heavy atom. The second kappa shape index (κ2) is 15.2. The molecule has 0 fully saturated rings. The fourth-order valence-electron chi connectivity index (χ4n) is 5.44. The molecule has 7 nitrogen and oxygen atoms in total. The maximum Gasteiger partial charge on any atom is 0.264 e. The second-order valence-electron chi connectivity index (χ2n) is 12.1. The number of anilines is 1. The third-order valence-electron chi connectivity index (χ3n) is 8.22. The number of hydrogen-bond donors (Lipinski definition) is 1. The number of amides is 2. The Balaban J connectivity index is 1.83. The Labute approximate surface area is 274 Å². The molecule has 2 amide bonds. The van der Waals surface area contributed by atoms with Gasteiger partial charge < -0.3 is 10.2 Å². The molecule has 0 aliphatic heterocycles. The lowest BCUT2D eigenvalue weighted by Crippen LogP contribution is -2.54. The number of carbonyl (C=O) groups is 2. The molecular weight excluding hydrogens is 595 g/mol. The molecule has 1 N–H and O–H groups in total. The Hall–Kier alpha value is -4.43. The first kappa shape index (κ1) is 34.4. The molecule has 0 aliphatic carbocycles. The Morgan fingerprint density at radius 3 is 2.02 bits per heavy atom. The molecule has 46 heavy (non-hydrogen) atoms. The van der Waals surface area contributed by atoms with Gasteiger partial charge in [-0.25, -0.2) is 8.42 Å². The first-order valence-electron chi connectivity index (χ1n) is 15.7. The van der Waals surface area contributed by atoms with Crippen molar-refractivity contribution in [1.82, 2.24) is 10.2 Å². The van der Waals surface area contributed by atoms with E-state index < -0.39 is 28.5 Å². The highest BCUT2D eigenvalue weighted by Gasteiger charge is 2.35. The van der Waals surface area contributed by atoms with Crippen LogP contribution in [-0.4, -0.2) is 43.8 Å². The van der Waals surface area contributed by atoms with E-state index in [4.69, 9.17) is 0 Å². The molecule has 0 heterocycles. The molecular formula is C38H45N3O4S. The van der Waals surface area contributed by atoms with Gasteiger partial charge in [0, 0.05) is 19.0 Å². The monoisotopic (exact) mass is 639 g/mol. The van der Waals surface area contributed by atoms with E-state index in [1.165, 1.54) is 4.31 Å². The molecule has 0 unspecified atom stereocenters. The van der Waals surface area contributed by atoms with Gasteiger partial charge in [-0.3, -0.25) is 13.9 Å². The number of carbonyl (C=O) groups excluding carboxylic acids is 2. The lowest BCUT2D eigenvalue weighted by atomic mass is 10.0. The van der Waals surface area contributed by atoms with Crippen molar-refractivity contribution in [3.63, 3.8) is 0 Å². The van der Waals surface area contributed by atoms with Crippen LogP contribution in [-0.2, 0) is 32.6 Å². The molecule has 4 aromatic carbocycles. The summed E-state index contributed by atoms with van der Waals surface area (Å²) in [6.45, 7) is 11.2. The van der Waals surface area contributed by atoms with Gasteiger partial charge in [-0.05, 0) is 75.9 Å². The molecule has 0 aliphatic rings. The Bertz CT molecular complexity index is 1750. The second-order valence-corrected chi connectivity index (χ2v) is 14.0. The van der Waals surface area contributed by atoms with Crippen molar-refractivity contribution >= 4 is 27.5 Å². The van der Waals surface area contributed by atoms with E-state index in [1.54, 1.807) is 35.2 Å². The highest BCUT2D eigenvalue weighted by Crippen LogP contribution is 2.29. The van der Waals surface area contributed by atoms with Gasteiger partial charge in [-0.15, -0.1) is 0 Å². The molecule has 4 aromatic rings. The standard InChI is InChI=1S/C38H45N3O4S/c1-7-31(6)39-38(43)36(24-32-13-9-8-10-14-32)40(25-33-15-11-12-28(3)23-33)37(42)26-41(35-21-18-29(4)22-30(35)5)46(44,45)34-19-16-27(2)17-20-34/h8-23,31,36H,7,24-26H2,1-6H3,(H,39,43)/t31-,36+/m1/s1. The SMILES string of the molecule is CC[C@@H](C)NC(=O)[C@H](Cc1ccccc1)N(Cc1cccc(C)c1)C(=O)CN(c1ccc(C)cc1C)S(=O)(=O)c1ccc(C)cc1. The first-order chi connectivity index (χ1) is 21.9. The summed E-state index contributed by atoms with van der Waals surface area (Å²) in [5, 5.41) is 3.08. The average Bonchev–Trinajstić information content (AvgIpc) is 3.02. The summed E-state index contributed by atoms with van der Waals surface area (Å²) in [5.41, 5.74) is 5.81. The molecule has 2 atom stereocenters. The lowest BCUT2D eigenvalue weighted by molar-refractivity contribution is -0.140. The fourth-order valence-corrected chi connectivity index (χ4v) is 6.92. The minimum Gasteiger partial charge on any atom is -0.352 e. The largest absolute Gasteiger partial charge is 0.352 e. The van der Waals surface area contributed by atoms with Crippen LogP contribution in [0.25, 0.3) is 0 Å². The van der Waals surface area contributed by atoms with Gasteiger partial charge in [0.2, 0.25) is 11.8 Å². The van der Waals surface area contributed by atoms with Gasteiger partial charge in [-0.2, -0.15) is 0 Å². The minimum absolute atomic E-state index is 0.0893. The summed E-state index contributed by atoms with van der Waals surface area (Å²) < 4.78 is 29.8. The molecule has 0 saturated carbocycles. The summed E-state index contributed by atoms with van der Waals surface area (Å²) in [7, 11) is -4.16. The molecule has 0 radical (unpaired) electrons. The van der Waals surface area contributed by atoms with Crippen LogP contribution in [0.2, 0.25) is 0 Å². The van der Waals surface area contributed by atoms with Crippen molar-refractivity contribution in [1.29, 1.82) is 0 Å². The molecule has 0 aromatic heterocycles. The fraction of sp³-hybridized carbons (Fsp3) is 0.316. The van der Waals surface area contributed by atoms with Crippen molar-refractivity contribution in [2.24, 2.45) is 0 Å². The van der Waals surface area contributed by atoms with E-state index in [2.05, 4.69) is 5.32 Å². The zero-order valence-electron chi connectivity index (χ0n) is 27.7. The molecule has 0 bridgehead atoms. The summed E-state index contributed by atoms with van der Waals surface area (Å²) in [4.78, 5) is 30.3. The number of rotatable bonds is 13. The Kier molecular flexibility index (Phi) is 11.4. The quantitative estimate of drug-likeness (QED) is 0.177. The van der Waals surface area contributed by atoms with Crippen LogP contribution in [0.15, 0.2) is 102 Å². The van der Waals surface area contributed by atoms with E-state index in [9.17, 15) is 18.0 Å².